The van der Waals surface area contributed by atoms with Crippen molar-refractivity contribution < 1.29 is 14.4 Å². The smallest absolute Gasteiger partial charge is 0.268 e. The standard InChI is InChI=1S/C21H12Cl2N2O3/c22-12-9-10-14(16(23)11-12)19(26)24-17-8-4-7-15-18(17)21(28)25(20(15)27)13-5-2-1-3-6-13/h1-11H,(H,24,26). The van der Waals surface area contributed by atoms with E-state index in [1.54, 1.807) is 54.6 Å². The van der Waals surface area contributed by atoms with Crippen LogP contribution in [0.2, 0.25) is 10.0 Å². The lowest BCUT2D eigenvalue weighted by molar-refractivity contribution is 0.0926. The molecule has 0 saturated carbocycles. The average Bonchev–Trinajstić information content (AvgIpc) is 2.94. The largest absolute Gasteiger partial charge is 0.321 e. The van der Waals surface area contributed by atoms with E-state index >= 15 is 0 Å². The molecule has 1 aliphatic rings. The van der Waals surface area contributed by atoms with Gasteiger partial charge in [0.2, 0.25) is 0 Å². The topological polar surface area (TPSA) is 66.5 Å². The van der Waals surface area contributed by atoms with E-state index in [9.17, 15) is 14.4 Å². The van der Waals surface area contributed by atoms with Crippen LogP contribution in [0.25, 0.3) is 0 Å². The molecule has 3 amide bonds. The number of halogens is 2. The molecule has 0 aliphatic carbocycles. The number of para-hydroxylation sites is 1. The third kappa shape index (κ3) is 3.05. The van der Waals surface area contributed by atoms with Crippen LogP contribution in [0.3, 0.4) is 0 Å². The van der Waals surface area contributed by atoms with Gasteiger partial charge in [0.05, 0.1) is 33.1 Å². The molecule has 4 rings (SSSR count). The quantitative estimate of drug-likeness (QED) is 0.614. The first-order chi connectivity index (χ1) is 13.5. The lowest BCUT2D eigenvalue weighted by atomic mass is 10.1. The molecule has 0 saturated heterocycles. The minimum absolute atomic E-state index is 0.148. The van der Waals surface area contributed by atoms with Gasteiger partial charge in [-0.25, -0.2) is 4.90 Å². The zero-order valence-electron chi connectivity index (χ0n) is 14.3. The maximum absolute atomic E-state index is 13.0. The van der Waals surface area contributed by atoms with Crippen molar-refractivity contribution in [2.24, 2.45) is 0 Å². The highest BCUT2D eigenvalue weighted by Gasteiger charge is 2.38. The average molecular weight is 411 g/mol. The fourth-order valence-corrected chi connectivity index (χ4v) is 3.56. The van der Waals surface area contributed by atoms with Crippen molar-refractivity contribution in [3.8, 4) is 0 Å². The minimum atomic E-state index is -0.506. The number of carbonyl (C=O) groups is 3. The molecular formula is C21H12Cl2N2O3. The van der Waals surface area contributed by atoms with Crippen molar-refractivity contribution in [1.82, 2.24) is 0 Å². The summed E-state index contributed by atoms with van der Waals surface area (Å²) >= 11 is 12.0. The van der Waals surface area contributed by atoms with Gasteiger partial charge in [-0.2, -0.15) is 0 Å². The van der Waals surface area contributed by atoms with Crippen LogP contribution in [0.1, 0.15) is 31.1 Å². The zero-order chi connectivity index (χ0) is 19.8. The van der Waals surface area contributed by atoms with E-state index in [-0.39, 0.29) is 27.4 Å². The second-order valence-electron chi connectivity index (χ2n) is 6.09. The number of benzene rings is 3. The number of imide groups is 1. The molecular weight excluding hydrogens is 399 g/mol. The number of rotatable bonds is 3. The van der Waals surface area contributed by atoms with Crippen LogP contribution < -0.4 is 10.2 Å². The molecule has 3 aromatic carbocycles. The Labute approximate surface area is 170 Å². The normalized spacial score (nSPS) is 12.9. The van der Waals surface area contributed by atoms with Gasteiger partial charge in [-0.1, -0.05) is 47.5 Å². The molecule has 3 aromatic rings. The van der Waals surface area contributed by atoms with Gasteiger partial charge in [-0.15, -0.1) is 0 Å². The Kier molecular flexibility index (Phi) is 4.63. The molecule has 1 heterocycles. The molecule has 28 heavy (non-hydrogen) atoms. The van der Waals surface area contributed by atoms with E-state index in [4.69, 9.17) is 23.2 Å². The third-order valence-corrected chi connectivity index (χ3v) is 4.90. The maximum Gasteiger partial charge on any atom is 0.268 e. The molecule has 1 aliphatic heterocycles. The summed E-state index contributed by atoms with van der Waals surface area (Å²) in [6.45, 7) is 0. The van der Waals surface area contributed by atoms with E-state index in [0.29, 0.717) is 10.7 Å². The van der Waals surface area contributed by atoms with Crippen LogP contribution in [-0.2, 0) is 0 Å². The number of nitrogens with one attached hydrogen (secondary N) is 1. The predicted octanol–water partition coefficient (Wildman–Crippen LogP) is 5.05. The van der Waals surface area contributed by atoms with E-state index in [1.165, 1.54) is 12.1 Å². The Morgan fingerprint density at radius 1 is 0.857 bits per heavy atom. The fraction of sp³-hybridized carbons (Fsp3) is 0. The monoisotopic (exact) mass is 410 g/mol. The number of carbonyl (C=O) groups excluding carboxylic acids is 3. The number of amides is 3. The fourth-order valence-electron chi connectivity index (χ4n) is 3.06. The number of nitrogens with zero attached hydrogens (tertiary/aromatic N) is 1. The van der Waals surface area contributed by atoms with Crippen molar-refractivity contribution in [2.45, 2.75) is 0 Å². The summed E-state index contributed by atoms with van der Waals surface area (Å²) < 4.78 is 0. The summed E-state index contributed by atoms with van der Waals surface area (Å²) in [7, 11) is 0. The van der Waals surface area contributed by atoms with Gasteiger partial charge in [0.25, 0.3) is 17.7 Å². The zero-order valence-corrected chi connectivity index (χ0v) is 15.8. The molecule has 0 unspecified atom stereocenters. The summed E-state index contributed by atoms with van der Waals surface area (Å²) in [5.41, 5.74) is 1.29. The lowest BCUT2D eigenvalue weighted by Crippen LogP contribution is -2.29. The van der Waals surface area contributed by atoms with Crippen molar-refractivity contribution >= 4 is 52.3 Å². The van der Waals surface area contributed by atoms with Crippen LogP contribution in [0.15, 0.2) is 66.7 Å². The molecule has 0 fully saturated rings. The SMILES string of the molecule is O=C(Nc1cccc2c1C(=O)N(c1ccccc1)C2=O)c1ccc(Cl)cc1Cl. The van der Waals surface area contributed by atoms with Crippen molar-refractivity contribution in [3.63, 3.8) is 0 Å². The van der Waals surface area contributed by atoms with Crippen molar-refractivity contribution in [2.75, 3.05) is 10.2 Å². The van der Waals surface area contributed by atoms with E-state index in [2.05, 4.69) is 5.32 Å². The number of hydrogen-bond acceptors (Lipinski definition) is 3. The van der Waals surface area contributed by atoms with Gasteiger partial charge >= 0.3 is 0 Å². The van der Waals surface area contributed by atoms with Gasteiger partial charge in [-0.3, -0.25) is 14.4 Å². The summed E-state index contributed by atoms with van der Waals surface area (Å²) in [6.07, 6.45) is 0. The Morgan fingerprint density at radius 2 is 1.61 bits per heavy atom. The minimum Gasteiger partial charge on any atom is -0.321 e. The predicted molar refractivity (Wildman–Crippen MR) is 108 cm³/mol. The Bertz CT molecular complexity index is 1130. The molecule has 0 radical (unpaired) electrons. The highest BCUT2D eigenvalue weighted by Crippen LogP contribution is 2.33. The molecule has 7 heteroatoms. The van der Waals surface area contributed by atoms with Gasteiger partial charge in [-0.05, 0) is 42.5 Å². The summed E-state index contributed by atoms with van der Waals surface area (Å²) in [5, 5.41) is 3.27. The number of hydrogen-bond donors (Lipinski definition) is 1. The van der Waals surface area contributed by atoms with Crippen LogP contribution in [0.5, 0.6) is 0 Å². The second kappa shape index (κ2) is 7.11. The molecule has 138 valence electrons. The van der Waals surface area contributed by atoms with Gasteiger partial charge in [0.15, 0.2) is 0 Å². The van der Waals surface area contributed by atoms with Gasteiger partial charge in [0, 0.05) is 5.02 Å². The van der Waals surface area contributed by atoms with E-state index in [1.807, 2.05) is 0 Å². The summed E-state index contributed by atoms with van der Waals surface area (Å²) in [6, 6.07) is 17.9. The molecule has 0 aromatic heterocycles. The van der Waals surface area contributed by atoms with Gasteiger partial charge in [0.1, 0.15) is 0 Å². The number of anilines is 2. The summed E-state index contributed by atoms with van der Waals surface area (Å²) in [4.78, 5) is 39.5. The summed E-state index contributed by atoms with van der Waals surface area (Å²) in [5.74, 6) is -1.44. The van der Waals surface area contributed by atoms with E-state index in [0.717, 1.165) is 4.90 Å². The highest BCUT2D eigenvalue weighted by atomic mass is 35.5. The van der Waals surface area contributed by atoms with Gasteiger partial charge < -0.3 is 5.32 Å². The maximum atomic E-state index is 13.0. The van der Waals surface area contributed by atoms with E-state index < -0.39 is 17.7 Å². The van der Waals surface area contributed by atoms with Crippen LogP contribution in [0.4, 0.5) is 11.4 Å². The third-order valence-electron chi connectivity index (χ3n) is 4.35. The first-order valence-corrected chi connectivity index (χ1v) is 9.06. The Morgan fingerprint density at radius 3 is 2.32 bits per heavy atom. The van der Waals surface area contributed by atoms with Crippen LogP contribution in [-0.4, -0.2) is 17.7 Å². The van der Waals surface area contributed by atoms with Crippen LogP contribution >= 0.6 is 23.2 Å². The Balaban J connectivity index is 1.71. The van der Waals surface area contributed by atoms with Crippen LogP contribution in [0, 0.1) is 0 Å². The van der Waals surface area contributed by atoms with Crippen molar-refractivity contribution in [3.05, 3.63) is 93.5 Å². The molecule has 5 nitrogen and oxygen atoms in total. The molecule has 0 spiro atoms. The number of fused-ring (bicyclic) bond motifs is 1. The van der Waals surface area contributed by atoms with Crippen molar-refractivity contribution in [1.29, 1.82) is 0 Å². The first-order valence-electron chi connectivity index (χ1n) is 8.30. The first kappa shape index (κ1) is 18.2. The Hall–Kier alpha value is -3.15. The second-order valence-corrected chi connectivity index (χ2v) is 6.93. The highest BCUT2D eigenvalue weighted by molar-refractivity contribution is 6.38. The molecule has 1 N–H and O–H groups in total. The molecule has 0 atom stereocenters. The lowest BCUT2D eigenvalue weighted by Gasteiger charge is -2.14. The molecule has 0 bridgehead atoms.